The third kappa shape index (κ3) is 4.45. The highest BCUT2D eigenvalue weighted by molar-refractivity contribution is 5.89. The summed E-state index contributed by atoms with van der Waals surface area (Å²) >= 11 is 0. The summed E-state index contributed by atoms with van der Waals surface area (Å²) in [6, 6.07) is 15.5. The fraction of sp³-hybridized carbons (Fsp3) is 0.364. The first-order valence-corrected chi connectivity index (χ1v) is 9.88. The maximum atomic E-state index is 13.3. The summed E-state index contributed by atoms with van der Waals surface area (Å²) in [5.74, 6) is 1.08. The zero-order valence-corrected chi connectivity index (χ0v) is 16.4. The third-order valence-corrected chi connectivity index (χ3v) is 5.11. The van der Waals surface area contributed by atoms with E-state index in [1.807, 2.05) is 37.3 Å². The standard InChI is InChI=1S/C22H24F2N4O/c1-2-29-17-9-7-16(8-10-17)15-27-11-13-28(14-12-27)22-18-5-3-4-6-19(18)25-21(26-22)20(23)24/h3-10,20H,2,11-15H2,1H3. The monoisotopic (exact) mass is 398 g/mol. The van der Waals surface area contributed by atoms with E-state index in [2.05, 4.69) is 31.9 Å². The Balaban J connectivity index is 1.45. The van der Waals surface area contributed by atoms with Crippen LogP contribution in [0.25, 0.3) is 10.9 Å². The minimum atomic E-state index is -2.68. The molecule has 0 spiro atoms. The number of benzene rings is 2. The van der Waals surface area contributed by atoms with Crippen molar-refractivity contribution in [3.63, 3.8) is 0 Å². The summed E-state index contributed by atoms with van der Waals surface area (Å²) in [7, 11) is 0. The molecule has 0 saturated carbocycles. The second-order valence-corrected chi connectivity index (χ2v) is 7.06. The van der Waals surface area contributed by atoms with Gasteiger partial charge < -0.3 is 9.64 Å². The Labute approximate surface area is 168 Å². The molecule has 2 heterocycles. The van der Waals surface area contributed by atoms with Crippen LogP contribution in [0, 0.1) is 0 Å². The maximum Gasteiger partial charge on any atom is 0.297 e. The lowest BCUT2D eigenvalue weighted by Gasteiger charge is -2.36. The van der Waals surface area contributed by atoms with Crippen LogP contribution in [-0.4, -0.2) is 47.7 Å². The SMILES string of the molecule is CCOc1ccc(CN2CCN(c3nc(C(F)F)nc4ccccc34)CC2)cc1. The van der Waals surface area contributed by atoms with Crippen molar-refractivity contribution < 1.29 is 13.5 Å². The summed E-state index contributed by atoms with van der Waals surface area (Å²) in [5, 5.41) is 0.817. The molecule has 3 aromatic rings. The van der Waals surface area contributed by atoms with Gasteiger partial charge in [-0.3, -0.25) is 4.90 Å². The molecule has 1 aromatic heterocycles. The van der Waals surface area contributed by atoms with E-state index in [1.54, 1.807) is 6.07 Å². The van der Waals surface area contributed by atoms with Gasteiger partial charge in [0.05, 0.1) is 12.1 Å². The molecule has 152 valence electrons. The molecule has 5 nitrogen and oxygen atoms in total. The van der Waals surface area contributed by atoms with Crippen molar-refractivity contribution >= 4 is 16.7 Å². The van der Waals surface area contributed by atoms with E-state index >= 15 is 0 Å². The van der Waals surface area contributed by atoms with Crippen molar-refractivity contribution in [1.82, 2.24) is 14.9 Å². The van der Waals surface area contributed by atoms with Crippen LogP contribution in [0.15, 0.2) is 48.5 Å². The lowest BCUT2D eigenvalue weighted by molar-refractivity contribution is 0.141. The van der Waals surface area contributed by atoms with E-state index in [4.69, 9.17) is 4.74 Å². The largest absolute Gasteiger partial charge is 0.494 e. The molecule has 1 aliphatic heterocycles. The van der Waals surface area contributed by atoms with Crippen molar-refractivity contribution in [3.05, 3.63) is 59.9 Å². The number of nitrogens with zero attached hydrogens (tertiary/aromatic N) is 4. The molecule has 29 heavy (non-hydrogen) atoms. The fourth-order valence-corrected chi connectivity index (χ4v) is 3.65. The van der Waals surface area contributed by atoms with Crippen LogP contribution in [0.1, 0.15) is 24.7 Å². The summed E-state index contributed by atoms with van der Waals surface area (Å²) in [6.45, 7) is 6.64. The van der Waals surface area contributed by atoms with Crippen molar-refractivity contribution in [1.29, 1.82) is 0 Å². The first-order valence-electron chi connectivity index (χ1n) is 9.88. The smallest absolute Gasteiger partial charge is 0.297 e. The van der Waals surface area contributed by atoms with Gasteiger partial charge in [-0.15, -0.1) is 0 Å². The Hall–Kier alpha value is -2.80. The zero-order valence-electron chi connectivity index (χ0n) is 16.4. The van der Waals surface area contributed by atoms with Crippen LogP contribution >= 0.6 is 0 Å². The minimum absolute atomic E-state index is 0.407. The predicted molar refractivity (Wildman–Crippen MR) is 110 cm³/mol. The van der Waals surface area contributed by atoms with Gasteiger partial charge in [0.1, 0.15) is 11.6 Å². The summed E-state index contributed by atoms with van der Waals surface area (Å²) in [6.07, 6.45) is -2.68. The quantitative estimate of drug-likeness (QED) is 0.620. The van der Waals surface area contributed by atoms with Crippen molar-refractivity contribution in [2.45, 2.75) is 19.9 Å². The molecular formula is C22H24F2N4O. The molecule has 0 N–H and O–H groups in total. The molecule has 0 unspecified atom stereocenters. The van der Waals surface area contributed by atoms with Gasteiger partial charge in [-0.1, -0.05) is 24.3 Å². The van der Waals surface area contributed by atoms with Crippen molar-refractivity contribution in [2.24, 2.45) is 0 Å². The molecule has 0 radical (unpaired) electrons. The molecule has 0 amide bonds. The number of alkyl halides is 2. The van der Waals surface area contributed by atoms with Gasteiger partial charge in [-0.05, 0) is 36.8 Å². The Morgan fingerprint density at radius 1 is 0.966 bits per heavy atom. The summed E-state index contributed by atoms with van der Waals surface area (Å²) in [5.41, 5.74) is 1.79. The van der Waals surface area contributed by atoms with E-state index in [0.717, 1.165) is 43.9 Å². The number of fused-ring (bicyclic) bond motifs is 1. The highest BCUT2D eigenvalue weighted by Gasteiger charge is 2.22. The van der Waals surface area contributed by atoms with Gasteiger partial charge >= 0.3 is 0 Å². The molecule has 2 aromatic carbocycles. The second-order valence-electron chi connectivity index (χ2n) is 7.06. The van der Waals surface area contributed by atoms with Crippen LogP contribution in [0.3, 0.4) is 0 Å². The van der Waals surface area contributed by atoms with Crippen molar-refractivity contribution in [3.8, 4) is 5.75 Å². The van der Waals surface area contributed by atoms with Gasteiger partial charge in [0.15, 0.2) is 5.82 Å². The Morgan fingerprint density at radius 2 is 1.69 bits per heavy atom. The van der Waals surface area contributed by atoms with E-state index in [0.29, 0.717) is 17.9 Å². The van der Waals surface area contributed by atoms with Crippen molar-refractivity contribution in [2.75, 3.05) is 37.7 Å². The first kappa shape index (κ1) is 19.5. The van der Waals surface area contributed by atoms with Crippen LogP contribution < -0.4 is 9.64 Å². The average Bonchev–Trinajstić information content (AvgIpc) is 2.75. The average molecular weight is 398 g/mol. The molecule has 0 bridgehead atoms. The lowest BCUT2D eigenvalue weighted by atomic mass is 10.1. The number of hydrogen-bond donors (Lipinski definition) is 0. The van der Waals surface area contributed by atoms with Gasteiger partial charge in [0.25, 0.3) is 6.43 Å². The number of aromatic nitrogens is 2. The number of ether oxygens (including phenoxy) is 1. The molecule has 1 saturated heterocycles. The molecule has 0 aliphatic carbocycles. The highest BCUT2D eigenvalue weighted by atomic mass is 19.3. The Kier molecular flexibility index (Phi) is 5.85. The zero-order chi connectivity index (χ0) is 20.2. The first-order chi connectivity index (χ1) is 14.1. The molecule has 0 atom stereocenters. The molecule has 4 rings (SSSR count). The van der Waals surface area contributed by atoms with Gasteiger partial charge in [-0.2, -0.15) is 0 Å². The number of anilines is 1. The van der Waals surface area contributed by atoms with E-state index in [1.165, 1.54) is 5.56 Å². The highest BCUT2D eigenvalue weighted by Crippen LogP contribution is 2.28. The number of piperazine rings is 1. The lowest BCUT2D eigenvalue weighted by Crippen LogP contribution is -2.46. The fourth-order valence-electron chi connectivity index (χ4n) is 3.65. The Morgan fingerprint density at radius 3 is 2.38 bits per heavy atom. The van der Waals surface area contributed by atoms with Crippen LogP contribution in [-0.2, 0) is 6.54 Å². The van der Waals surface area contributed by atoms with E-state index in [-0.39, 0.29) is 0 Å². The number of para-hydroxylation sites is 1. The number of rotatable bonds is 6. The molecule has 1 fully saturated rings. The van der Waals surface area contributed by atoms with Gasteiger partial charge in [-0.25, -0.2) is 18.7 Å². The third-order valence-electron chi connectivity index (χ3n) is 5.11. The topological polar surface area (TPSA) is 41.5 Å². The Bertz CT molecular complexity index is 957. The normalized spacial score (nSPS) is 15.2. The minimum Gasteiger partial charge on any atom is -0.494 e. The predicted octanol–water partition coefficient (Wildman–Crippen LogP) is 4.29. The molecule has 7 heteroatoms. The van der Waals surface area contributed by atoms with Crippen LogP contribution in [0.5, 0.6) is 5.75 Å². The van der Waals surface area contributed by atoms with Gasteiger partial charge in [0, 0.05) is 38.1 Å². The van der Waals surface area contributed by atoms with Crippen LogP contribution in [0.4, 0.5) is 14.6 Å². The van der Waals surface area contributed by atoms with E-state index in [9.17, 15) is 8.78 Å². The van der Waals surface area contributed by atoms with Crippen LogP contribution in [0.2, 0.25) is 0 Å². The number of halogens is 2. The molecular weight excluding hydrogens is 374 g/mol. The number of hydrogen-bond acceptors (Lipinski definition) is 5. The maximum absolute atomic E-state index is 13.3. The van der Waals surface area contributed by atoms with Gasteiger partial charge in [0.2, 0.25) is 0 Å². The second kappa shape index (κ2) is 8.69. The summed E-state index contributed by atoms with van der Waals surface area (Å²) in [4.78, 5) is 12.7. The summed E-state index contributed by atoms with van der Waals surface area (Å²) < 4.78 is 32.0. The van der Waals surface area contributed by atoms with E-state index < -0.39 is 12.2 Å². The molecule has 1 aliphatic rings.